The van der Waals surface area contributed by atoms with Crippen molar-refractivity contribution in [2.75, 3.05) is 31.1 Å². The number of aromatic nitrogens is 3. The monoisotopic (exact) mass is 626 g/mol. The molecule has 6 rings (SSSR count). The number of benzene rings is 1. The van der Waals surface area contributed by atoms with Gasteiger partial charge in [-0.25, -0.2) is 19.0 Å². The highest BCUT2D eigenvalue weighted by Crippen LogP contribution is 2.37. The van der Waals surface area contributed by atoms with Gasteiger partial charge in [0, 0.05) is 45.2 Å². The first-order valence-corrected chi connectivity index (χ1v) is 15.3. The number of piperazine rings is 1. The van der Waals surface area contributed by atoms with E-state index in [0.717, 1.165) is 18.4 Å². The number of hydrogen-bond donors (Lipinski definition) is 0. The van der Waals surface area contributed by atoms with E-state index in [1.165, 1.54) is 6.20 Å². The minimum atomic E-state index is -0.746. The van der Waals surface area contributed by atoms with Gasteiger partial charge in [0.15, 0.2) is 11.0 Å². The third-order valence-electron chi connectivity index (χ3n) is 8.16. The average Bonchev–Trinajstić information content (AvgIpc) is 3.27. The standard InChI is InChI=1S/C31H36ClFN6O5/c1-31(2,3)44-30(41)39-20-9-10-21(39)17-38(16-20)27-23-15-34-26(32)24(33)25(23)35-28(36-27)43-22-11-13-37(14-12-22)29(40)42-18-19-7-5-4-6-8-19/h4-8,15,20-22H,9-14,16-18H2,1-3H3/t20-,21+. The molecule has 2 amide bonds. The highest BCUT2D eigenvalue weighted by Gasteiger charge is 2.45. The third-order valence-corrected chi connectivity index (χ3v) is 8.43. The maximum absolute atomic E-state index is 15.2. The molecule has 3 fully saturated rings. The molecule has 1 aromatic carbocycles. The number of anilines is 1. The number of amides is 2. The first kappa shape index (κ1) is 30.1. The molecular weight excluding hydrogens is 591 g/mol. The van der Waals surface area contributed by atoms with Crippen molar-refractivity contribution in [3.63, 3.8) is 0 Å². The van der Waals surface area contributed by atoms with Crippen molar-refractivity contribution in [1.29, 1.82) is 0 Å². The molecule has 2 atom stereocenters. The number of carbonyl (C=O) groups is 2. The van der Waals surface area contributed by atoms with E-state index >= 15 is 4.39 Å². The minimum absolute atomic E-state index is 0.0221. The Morgan fingerprint density at radius 1 is 1.00 bits per heavy atom. The van der Waals surface area contributed by atoms with Crippen LogP contribution in [0.3, 0.4) is 0 Å². The highest BCUT2D eigenvalue weighted by atomic mass is 35.5. The Hall–Kier alpha value is -3.93. The van der Waals surface area contributed by atoms with E-state index in [2.05, 4.69) is 9.97 Å². The lowest BCUT2D eigenvalue weighted by Gasteiger charge is -2.42. The fourth-order valence-corrected chi connectivity index (χ4v) is 6.24. The molecule has 44 heavy (non-hydrogen) atoms. The Balaban J connectivity index is 1.16. The zero-order valence-electron chi connectivity index (χ0n) is 25.0. The second-order valence-corrected chi connectivity index (χ2v) is 12.8. The predicted molar refractivity (Wildman–Crippen MR) is 161 cm³/mol. The maximum Gasteiger partial charge on any atom is 0.410 e. The second kappa shape index (κ2) is 12.2. The third kappa shape index (κ3) is 6.45. The number of ether oxygens (including phenoxy) is 3. The van der Waals surface area contributed by atoms with Crippen LogP contribution in [0.2, 0.25) is 5.15 Å². The largest absolute Gasteiger partial charge is 0.460 e. The number of fused-ring (bicyclic) bond motifs is 3. The Morgan fingerprint density at radius 2 is 1.68 bits per heavy atom. The molecule has 3 aliphatic rings. The van der Waals surface area contributed by atoms with Gasteiger partial charge in [-0.05, 0) is 39.2 Å². The van der Waals surface area contributed by atoms with Crippen molar-refractivity contribution in [2.45, 2.75) is 76.9 Å². The van der Waals surface area contributed by atoms with Crippen molar-refractivity contribution in [3.05, 3.63) is 53.1 Å². The molecular formula is C31H36ClFN6O5. The van der Waals surface area contributed by atoms with Crippen LogP contribution in [0.15, 0.2) is 36.5 Å². The van der Waals surface area contributed by atoms with E-state index in [0.29, 0.717) is 50.2 Å². The lowest BCUT2D eigenvalue weighted by molar-refractivity contribution is 0.0122. The smallest absolute Gasteiger partial charge is 0.410 e. The molecule has 3 aromatic rings. The number of halogens is 2. The minimum Gasteiger partial charge on any atom is -0.460 e. The predicted octanol–water partition coefficient (Wildman–Crippen LogP) is 5.59. The molecule has 11 nitrogen and oxygen atoms in total. The molecule has 0 unspecified atom stereocenters. The summed E-state index contributed by atoms with van der Waals surface area (Å²) in [6.07, 6.45) is 3.23. The van der Waals surface area contributed by atoms with E-state index in [-0.39, 0.29) is 53.7 Å². The van der Waals surface area contributed by atoms with E-state index in [1.807, 2.05) is 60.9 Å². The fourth-order valence-electron chi connectivity index (χ4n) is 6.10. The van der Waals surface area contributed by atoms with Crippen LogP contribution in [0, 0.1) is 5.82 Å². The van der Waals surface area contributed by atoms with Gasteiger partial charge in [0.2, 0.25) is 0 Å². The fraction of sp³-hybridized carbons (Fsp3) is 0.516. The van der Waals surface area contributed by atoms with Crippen LogP contribution in [-0.2, 0) is 16.1 Å². The number of likely N-dealkylation sites (tertiary alicyclic amines) is 1. The van der Waals surface area contributed by atoms with E-state index in [4.69, 9.17) is 30.8 Å². The van der Waals surface area contributed by atoms with Crippen molar-refractivity contribution < 1.29 is 28.2 Å². The molecule has 0 N–H and O–H groups in total. The summed E-state index contributed by atoms with van der Waals surface area (Å²) < 4.78 is 32.6. The molecule has 13 heteroatoms. The second-order valence-electron chi connectivity index (χ2n) is 12.5. The zero-order valence-corrected chi connectivity index (χ0v) is 25.8. The normalized spacial score (nSPS) is 20.6. The maximum atomic E-state index is 15.2. The summed E-state index contributed by atoms with van der Waals surface area (Å²) in [7, 11) is 0. The zero-order chi connectivity index (χ0) is 31.0. The van der Waals surface area contributed by atoms with Crippen LogP contribution in [0.4, 0.5) is 19.8 Å². The summed E-state index contributed by atoms with van der Waals surface area (Å²) in [4.78, 5) is 44.3. The van der Waals surface area contributed by atoms with Gasteiger partial charge in [-0.2, -0.15) is 9.97 Å². The molecule has 2 bridgehead atoms. The molecule has 3 saturated heterocycles. The van der Waals surface area contributed by atoms with E-state index in [1.54, 1.807) is 4.90 Å². The van der Waals surface area contributed by atoms with Crippen molar-refractivity contribution in [1.82, 2.24) is 24.8 Å². The number of pyridine rings is 1. The Bertz CT molecular complexity index is 1520. The van der Waals surface area contributed by atoms with Crippen molar-refractivity contribution in [2.24, 2.45) is 0 Å². The summed E-state index contributed by atoms with van der Waals surface area (Å²) in [6, 6.07) is 9.40. The SMILES string of the molecule is CC(C)(C)OC(=O)N1[C@@H]2CC[C@H]1CN(c1nc(OC3CCN(C(=O)OCc4ccccc4)CC3)nc3c(F)c(Cl)ncc13)C2. The van der Waals surface area contributed by atoms with Crippen LogP contribution in [0.5, 0.6) is 6.01 Å². The van der Waals surface area contributed by atoms with Crippen molar-refractivity contribution >= 4 is 40.5 Å². The number of carbonyl (C=O) groups excluding carboxylic acids is 2. The van der Waals surface area contributed by atoms with Gasteiger partial charge in [-0.15, -0.1) is 0 Å². The van der Waals surface area contributed by atoms with Gasteiger partial charge in [0.1, 0.15) is 29.6 Å². The molecule has 0 spiro atoms. The molecule has 2 aromatic heterocycles. The highest BCUT2D eigenvalue weighted by molar-refractivity contribution is 6.30. The molecule has 3 aliphatic heterocycles. The Morgan fingerprint density at radius 3 is 2.34 bits per heavy atom. The van der Waals surface area contributed by atoms with Crippen LogP contribution in [-0.4, -0.2) is 86.9 Å². The van der Waals surface area contributed by atoms with Gasteiger partial charge in [-0.1, -0.05) is 41.9 Å². The number of piperidine rings is 1. The first-order valence-electron chi connectivity index (χ1n) is 15.0. The lowest BCUT2D eigenvalue weighted by atomic mass is 10.1. The summed E-state index contributed by atoms with van der Waals surface area (Å²) in [5.74, 6) is -0.264. The van der Waals surface area contributed by atoms with Gasteiger partial charge in [0.05, 0.1) is 17.5 Å². The average molecular weight is 627 g/mol. The first-order chi connectivity index (χ1) is 21.1. The lowest BCUT2D eigenvalue weighted by Crippen LogP contribution is -2.57. The van der Waals surface area contributed by atoms with Gasteiger partial charge < -0.3 is 24.0 Å². The number of nitrogens with zero attached hydrogens (tertiary/aromatic N) is 6. The van der Waals surface area contributed by atoms with Crippen LogP contribution < -0.4 is 9.64 Å². The molecule has 0 radical (unpaired) electrons. The summed E-state index contributed by atoms with van der Waals surface area (Å²) in [5, 5.41) is 0.130. The molecule has 234 valence electrons. The number of hydrogen-bond acceptors (Lipinski definition) is 9. The van der Waals surface area contributed by atoms with Crippen LogP contribution in [0.25, 0.3) is 10.9 Å². The van der Waals surface area contributed by atoms with Crippen LogP contribution >= 0.6 is 11.6 Å². The topological polar surface area (TPSA) is 110 Å². The molecule has 0 aliphatic carbocycles. The van der Waals surface area contributed by atoms with Gasteiger partial charge in [0.25, 0.3) is 0 Å². The van der Waals surface area contributed by atoms with E-state index < -0.39 is 11.4 Å². The van der Waals surface area contributed by atoms with E-state index in [9.17, 15) is 9.59 Å². The molecule has 0 saturated carbocycles. The quantitative estimate of drug-likeness (QED) is 0.335. The van der Waals surface area contributed by atoms with Gasteiger partial charge in [-0.3, -0.25) is 4.90 Å². The molecule has 5 heterocycles. The number of rotatable bonds is 5. The summed E-state index contributed by atoms with van der Waals surface area (Å²) in [5.41, 5.74) is 0.350. The van der Waals surface area contributed by atoms with Gasteiger partial charge >= 0.3 is 18.2 Å². The van der Waals surface area contributed by atoms with Crippen molar-refractivity contribution in [3.8, 4) is 6.01 Å². The van der Waals surface area contributed by atoms with Crippen LogP contribution in [0.1, 0.15) is 52.0 Å². The Kier molecular flexibility index (Phi) is 8.36. The Labute approximate surface area is 260 Å². The summed E-state index contributed by atoms with van der Waals surface area (Å²) in [6.45, 7) is 7.64. The summed E-state index contributed by atoms with van der Waals surface area (Å²) >= 11 is 6.04.